The number of aliphatic carboxylic acids is 1. The molecule has 0 radical (unpaired) electrons. The lowest BCUT2D eigenvalue weighted by atomic mass is 10.1. The summed E-state index contributed by atoms with van der Waals surface area (Å²) in [4.78, 5) is 10.9. The molecule has 0 spiro atoms. The van der Waals surface area contributed by atoms with Gasteiger partial charge < -0.3 is 15.6 Å². The molecular weight excluding hydrogens is 762 g/mol. The van der Waals surface area contributed by atoms with Crippen molar-refractivity contribution in [3.63, 3.8) is 0 Å². The minimum atomic E-state index is -0.996. The van der Waals surface area contributed by atoms with Crippen molar-refractivity contribution in [1.29, 1.82) is 0 Å². The van der Waals surface area contributed by atoms with Crippen LogP contribution in [0.4, 0.5) is 0 Å². The Morgan fingerprint density at radius 2 is 1.58 bits per heavy atom. The first-order chi connectivity index (χ1) is 11.2. The molecule has 2 aromatic carbocycles. The fourth-order valence-electron chi connectivity index (χ4n) is 1.97. The maximum atomic E-state index is 10.9. The number of carboxylic acids is 1. The number of ether oxygens (including phenoxy) is 1. The molecule has 128 valence electrons. The Morgan fingerprint density at radius 3 is 2.04 bits per heavy atom. The Morgan fingerprint density at radius 1 is 1.08 bits per heavy atom. The zero-order valence-electron chi connectivity index (χ0n) is 12.4. The third-order valence-corrected chi connectivity index (χ3v) is 7.15. The lowest BCUT2D eigenvalue weighted by molar-refractivity contribution is -0.138. The fraction of sp³-hybridized carbons (Fsp3) is 0.188. The number of carbonyl (C=O) groups is 1. The Hall–Kier alpha value is 0.590. The van der Waals surface area contributed by atoms with Gasteiger partial charge in [-0.3, -0.25) is 4.79 Å². The summed E-state index contributed by atoms with van der Waals surface area (Å²) < 4.78 is 10.3. The number of hydrogen-bond acceptors (Lipinski definition) is 3. The van der Waals surface area contributed by atoms with Crippen LogP contribution in [0.5, 0.6) is 11.5 Å². The number of rotatable bonds is 5. The van der Waals surface area contributed by atoms with Crippen LogP contribution in [0, 0.1) is 21.2 Å². The molecule has 4 nitrogen and oxygen atoms in total. The molecule has 0 aliphatic rings. The number of halogens is 4. The first-order valence-corrected chi connectivity index (χ1v) is 11.1. The van der Waals surface area contributed by atoms with Gasteiger partial charge in [0, 0.05) is 7.14 Å². The summed E-state index contributed by atoms with van der Waals surface area (Å²) in [5.41, 5.74) is 7.75. The van der Waals surface area contributed by atoms with Gasteiger partial charge in [-0.05, 0) is 139 Å². The highest BCUT2D eigenvalue weighted by molar-refractivity contribution is 14.1. The predicted octanol–water partition coefficient (Wildman–Crippen LogP) is 5.16. The van der Waals surface area contributed by atoms with Crippen LogP contribution in [-0.2, 0) is 11.2 Å². The molecule has 2 rings (SSSR count). The van der Waals surface area contributed by atoms with Crippen molar-refractivity contribution >= 4 is 96.3 Å². The summed E-state index contributed by atoms with van der Waals surface area (Å²) in [6.07, 6.45) is 0.294. The van der Waals surface area contributed by atoms with E-state index in [0.29, 0.717) is 6.42 Å². The molecule has 24 heavy (non-hydrogen) atoms. The Labute approximate surface area is 194 Å². The Bertz CT molecular complexity index is 749. The molecule has 2 aromatic rings. The fourth-order valence-corrected chi connectivity index (χ4v) is 5.80. The van der Waals surface area contributed by atoms with E-state index in [4.69, 9.17) is 15.6 Å². The van der Waals surface area contributed by atoms with Crippen LogP contribution in [0.3, 0.4) is 0 Å². The van der Waals surface area contributed by atoms with Gasteiger partial charge in [-0.2, -0.15) is 0 Å². The van der Waals surface area contributed by atoms with Crippen molar-refractivity contribution in [1.82, 2.24) is 0 Å². The molecule has 0 saturated carbocycles. The van der Waals surface area contributed by atoms with E-state index in [1.54, 1.807) is 0 Å². The Kier molecular flexibility index (Phi) is 7.83. The van der Waals surface area contributed by atoms with Gasteiger partial charge >= 0.3 is 5.97 Å². The third-order valence-electron chi connectivity index (χ3n) is 3.31. The molecule has 0 fully saturated rings. The largest absolute Gasteiger partial charge is 0.480 e. The van der Waals surface area contributed by atoms with Crippen molar-refractivity contribution in [2.75, 3.05) is 0 Å². The van der Waals surface area contributed by atoms with Gasteiger partial charge in [0.25, 0.3) is 0 Å². The number of nitrogens with two attached hydrogens (primary N) is 1. The maximum absolute atomic E-state index is 10.9. The molecule has 1 unspecified atom stereocenters. The quantitative estimate of drug-likeness (QED) is 0.413. The highest BCUT2D eigenvalue weighted by Gasteiger charge is 2.16. The average molecular weight is 775 g/mol. The molecule has 8 heteroatoms. The summed E-state index contributed by atoms with van der Waals surface area (Å²) in [6.45, 7) is 2.08. The van der Waals surface area contributed by atoms with E-state index in [1.165, 1.54) is 5.56 Å². The molecule has 0 aliphatic heterocycles. The molecule has 0 aliphatic carbocycles. The monoisotopic (exact) mass is 775 g/mol. The van der Waals surface area contributed by atoms with E-state index in [9.17, 15) is 4.79 Å². The van der Waals surface area contributed by atoms with Crippen LogP contribution in [0.1, 0.15) is 11.1 Å². The number of carboxylic acid groups (broad SMARTS) is 1. The molecule has 0 aromatic heterocycles. The second kappa shape index (κ2) is 8.99. The molecule has 3 N–H and O–H groups in total. The van der Waals surface area contributed by atoms with E-state index >= 15 is 0 Å². The van der Waals surface area contributed by atoms with Gasteiger partial charge in [-0.15, -0.1) is 0 Å². The van der Waals surface area contributed by atoms with Gasteiger partial charge in [0.15, 0.2) is 5.75 Å². The third kappa shape index (κ3) is 5.30. The summed E-state index contributed by atoms with van der Waals surface area (Å²) in [5.74, 6) is 0.573. The topological polar surface area (TPSA) is 72.5 Å². The molecule has 0 heterocycles. The second-order valence-electron chi connectivity index (χ2n) is 5.15. The normalized spacial score (nSPS) is 12.1. The maximum Gasteiger partial charge on any atom is 0.320 e. The predicted molar refractivity (Wildman–Crippen MR) is 128 cm³/mol. The van der Waals surface area contributed by atoms with E-state index in [1.807, 2.05) is 24.3 Å². The van der Waals surface area contributed by atoms with Crippen LogP contribution < -0.4 is 10.5 Å². The second-order valence-corrected chi connectivity index (χ2v) is 9.80. The standard InChI is InChI=1S/C16H13I4NO3/c1-7-10(17)5-9(6-11(7)18)24-15-12(19)2-8(3-13(15)20)4-14(21)16(22)23/h2-3,5-6,14H,4,21H2,1H3,(H,22,23). The minimum absolute atomic E-state index is 0.294. The first-order valence-electron chi connectivity index (χ1n) is 6.79. The van der Waals surface area contributed by atoms with E-state index in [-0.39, 0.29) is 0 Å². The van der Waals surface area contributed by atoms with Gasteiger partial charge in [0.1, 0.15) is 11.8 Å². The van der Waals surface area contributed by atoms with Crippen molar-refractivity contribution in [3.05, 3.63) is 49.7 Å². The molecule has 0 bridgehead atoms. The van der Waals surface area contributed by atoms with Crippen LogP contribution in [0.25, 0.3) is 0 Å². The van der Waals surface area contributed by atoms with Crippen LogP contribution in [0.2, 0.25) is 0 Å². The minimum Gasteiger partial charge on any atom is -0.480 e. The summed E-state index contributed by atoms with van der Waals surface area (Å²) in [6, 6.07) is 6.97. The molecular formula is C16H13I4NO3. The molecule has 1 atom stereocenters. The zero-order valence-corrected chi connectivity index (χ0v) is 21.1. The number of hydrogen-bond donors (Lipinski definition) is 2. The summed E-state index contributed by atoms with van der Waals surface area (Å²) >= 11 is 9.01. The highest BCUT2D eigenvalue weighted by atomic mass is 127. The average Bonchev–Trinajstić information content (AvgIpc) is 2.48. The Balaban J connectivity index is 2.30. The van der Waals surface area contributed by atoms with Gasteiger partial charge in [0.05, 0.1) is 7.14 Å². The SMILES string of the molecule is Cc1c(I)cc(Oc2c(I)cc(CC(N)C(=O)O)cc2I)cc1I. The molecule has 0 amide bonds. The highest BCUT2D eigenvalue weighted by Crippen LogP contribution is 2.35. The van der Waals surface area contributed by atoms with Crippen molar-refractivity contribution in [3.8, 4) is 11.5 Å². The van der Waals surface area contributed by atoms with Crippen molar-refractivity contribution in [2.24, 2.45) is 5.73 Å². The van der Waals surface area contributed by atoms with Gasteiger partial charge in [0.2, 0.25) is 0 Å². The smallest absolute Gasteiger partial charge is 0.320 e. The zero-order chi connectivity index (χ0) is 18.0. The van der Waals surface area contributed by atoms with Crippen LogP contribution in [-0.4, -0.2) is 17.1 Å². The first kappa shape index (κ1) is 20.9. The molecule has 0 saturated heterocycles. The summed E-state index contributed by atoms with van der Waals surface area (Å²) in [7, 11) is 0. The summed E-state index contributed by atoms with van der Waals surface area (Å²) in [5, 5.41) is 8.95. The lowest BCUT2D eigenvalue weighted by Gasteiger charge is -2.14. The van der Waals surface area contributed by atoms with Crippen molar-refractivity contribution < 1.29 is 14.6 Å². The van der Waals surface area contributed by atoms with Crippen LogP contribution in [0.15, 0.2) is 24.3 Å². The lowest BCUT2D eigenvalue weighted by Crippen LogP contribution is -2.32. The van der Waals surface area contributed by atoms with E-state index in [0.717, 1.165) is 31.3 Å². The van der Waals surface area contributed by atoms with Gasteiger partial charge in [-0.1, -0.05) is 0 Å². The van der Waals surface area contributed by atoms with E-state index in [2.05, 4.69) is 97.3 Å². The van der Waals surface area contributed by atoms with Gasteiger partial charge in [-0.25, -0.2) is 0 Å². The van der Waals surface area contributed by atoms with E-state index < -0.39 is 12.0 Å². The number of benzene rings is 2. The van der Waals surface area contributed by atoms with Crippen molar-refractivity contribution in [2.45, 2.75) is 19.4 Å². The van der Waals surface area contributed by atoms with Crippen LogP contribution >= 0.6 is 90.4 Å².